The number of aromatic nitrogens is 2. The molecule has 0 aliphatic carbocycles. The second kappa shape index (κ2) is 2.48. The van der Waals surface area contributed by atoms with Crippen molar-refractivity contribution in [2.24, 2.45) is 5.73 Å². The average molecular weight is 176 g/mol. The van der Waals surface area contributed by atoms with Gasteiger partial charge in [-0.15, -0.1) is 5.10 Å². The Morgan fingerprint density at radius 1 is 1.38 bits per heavy atom. The summed E-state index contributed by atoms with van der Waals surface area (Å²) in [4.78, 5) is 10.9. The molecule has 0 saturated heterocycles. The summed E-state index contributed by atoms with van der Waals surface area (Å²) < 4.78 is 1.09. The third kappa shape index (κ3) is 1.01. The van der Waals surface area contributed by atoms with Gasteiger partial charge in [0.25, 0.3) is 0 Å². The lowest BCUT2D eigenvalue weighted by Gasteiger charge is -1.93. The van der Waals surface area contributed by atoms with Crippen LogP contribution < -0.4 is 11.5 Å². The van der Waals surface area contributed by atoms with Crippen LogP contribution in [0.4, 0.5) is 10.6 Å². The minimum absolute atomic E-state index is 0.314. The van der Waals surface area contributed by atoms with Crippen molar-refractivity contribution in [1.29, 1.82) is 0 Å². The minimum atomic E-state index is -0.632. The summed E-state index contributed by atoms with van der Waals surface area (Å²) in [6, 6.07) is 6.52. The van der Waals surface area contributed by atoms with Gasteiger partial charge in [-0.05, 0) is 12.1 Å². The second-order valence-electron chi connectivity index (χ2n) is 2.65. The van der Waals surface area contributed by atoms with Crippen LogP contribution in [0.2, 0.25) is 0 Å². The summed E-state index contributed by atoms with van der Waals surface area (Å²) in [5.74, 6) is 0.314. The van der Waals surface area contributed by atoms with Gasteiger partial charge < -0.3 is 11.5 Å². The van der Waals surface area contributed by atoms with Gasteiger partial charge in [0.15, 0.2) is 5.82 Å². The maximum absolute atomic E-state index is 10.9. The first-order chi connectivity index (χ1) is 6.20. The van der Waals surface area contributed by atoms with Crippen LogP contribution >= 0.6 is 0 Å². The molecule has 0 radical (unpaired) electrons. The molecule has 4 N–H and O–H groups in total. The van der Waals surface area contributed by atoms with Crippen molar-refractivity contribution < 1.29 is 4.79 Å². The lowest BCUT2D eigenvalue weighted by Crippen LogP contribution is -2.20. The lowest BCUT2D eigenvalue weighted by molar-refractivity contribution is 0.248. The first-order valence-corrected chi connectivity index (χ1v) is 3.73. The third-order valence-electron chi connectivity index (χ3n) is 1.82. The van der Waals surface area contributed by atoms with Gasteiger partial charge in [-0.2, -0.15) is 4.68 Å². The molecule has 1 aromatic heterocycles. The molecule has 1 aromatic carbocycles. The summed E-state index contributed by atoms with van der Waals surface area (Å²) in [5, 5.41) is 4.55. The van der Waals surface area contributed by atoms with Crippen molar-refractivity contribution in [3.05, 3.63) is 24.3 Å². The maximum atomic E-state index is 10.9. The predicted molar refractivity (Wildman–Crippen MR) is 49.1 cm³/mol. The molecule has 2 rings (SSSR count). The zero-order chi connectivity index (χ0) is 9.42. The number of amides is 1. The molecule has 5 heteroatoms. The van der Waals surface area contributed by atoms with E-state index in [1.165, 1.54) is 0 Å². The average Bonchev–Trinajstić information content (AvgIpc) is 2.45. The lowest BCUT2D eigenvalue weighted by atomic mass is 10.2. The third-order valence-corrected chi connectivity index (χ3v) is 1.82. The highest BCUT2D eigenvalue weighted by Gasteiger charge is 2.09. The van der Waals surface area contributed by atoms with E-state index in [-0.39, 0.29) is 0 Å². The molecule has 0 atom stereocenters. The Balaban J connectivity index is 2.85. The quantitative estimate of drug-likeness (QED) is 0.614. The molecule has 0 spiro atoms. The fourth-order valence-corrected chi connectivity index (χ4v) is 1.26. The molecular weight excluding hydrogens is 168 g/mol. The highest BCUT2D eigenvalue weighted by molar-refractivity contribution is 5.95. The van der Waals surface area contributed by atoms with Crippen LogP contribution in [0.25, 0.3) is 10.9 Å². The number of anilines is 1. The molecule has 13 heavy (non-hydrogen) atoms. The highest BCUT2D eigenvalue weighted by Crippen LogP contribution is 2.18. The smallest absolute Gasteiger partial charge is 0.340 e. The van der Waals surface area contributed by atoms with Gasteiger partial charge in [-0.1, -0.05) is 12.1 Å². The topological polar surface area (TPSA) is 86.9 Å². The SMILES string of the molecule is NC(=O)n1nc(N)c2ccccc21. The van der Waals surface area contributed by atoms with Crippen molar-refractivity contribution in [2.75, 3.05) is 5.73 Å². The number of carbonyl (C=O) groups is 1. The van der Waals surface area contributed by atoms with E-state index in [0.29, 0.717) is 11.3 Å². The molecule has 0 unspecified atom stereocenters. The molecule has 0 aliphatic heterocycles. The summed E-state index contributed by atoms with van der Waals surface area (Å²) in [5.41, 5.74) is 11.3. The summed E-state index contributed by atoms with van der Waals surface area (Å²) in [6.45, 7) is 0. The number of hydrogen-bond donors (Lipinski definition) is 2. The molecule has 0 bridgehead atoms. The van der Waals surface area contributed by atoms with E-state index >= 15 is 0 Å². The van der Waals surface area contributed by atoms with E-state index in [1.807, 2.05) is 6.07 Å². The molecule has 0 saturated carbocycles. The summed E-state index contributed by atoms with van der Waals surface area (Å²) in [6.07, 6.45) is 0. The van der Waals surface area contributed by atoms with E-state index in [4.69, 9.17) is 11.5 Å². The number of nitrogens with zero attached hydrogens (tertiary/aromatic N) is 2. The standard InChI is InChI=1S/C8H8N4O/c9-7-5-3-1-2-4-6(5)12(11-7)8(10)13/h1-4H,(H2,9,11)(H2,10,13). The number of nitrogens with two attached hydrogens (primary N) is 2. The fourth-order valence-electron chi connectivity index (χ4n) is 1.26. The minimum Gasteiger partial charge on any atom is -0.382 e. The first-order valence-electron chi connectivity index (χ1n) is 3.73. The Kier molecular flexibility index (Phi) is 1.45. The van der Waals surface area contributed by atoms with Gasteiger partial charge >= 0.3 is 6.03 Å². The van der Waals surface area contributed by atoms with E-state index in [0.717, 1.165) is 10.1 Å². The molecular formula is C8H8N4O. The number of para-hydroxylation sites is 1. The predicted octanol–water partition coefficient (Wildman–Crippen LogP) is 0.545. The largest absolute Gasteiger partial charge is 0.382 e. The van der Waals surface area contributed by atoms with Gasteiger partial charge in [0.1, 0.15) is 0 Å². The van der Waals surface area contributed by atoms with Crippen LogP contribution in [0.3, 0.4) is 0 Å². The van der Waals surface area contributed by atoms with Crippen molar-refractivity contribution in [3.8, 4) is 0 Å². The summed E-state index contributed by atoms with van der Waals surface area (Å²) in [7, 11) is 0. The molecule has 2 aromatic rings. The van der Waals surface area contributed by atoms with Crippen LogP contribution in [-0.2, 0) is 0 Å². The Morgan fingerprint density at radius 3 is 2.77 bits per heavy atom. The van der Waals surface area contributed by atoms with Gasteiger partial charge in [-0.25, -0.2) is 4.79 Å². The van der Waals surface area contributed by atoms with E-state index in [1.54, 1.807) is 18.2 Å². The van der Waals surface area contributed by atoms with Crippen molar-refractivity contribution >= 4 is 22.8 Å². The number of carbonyl (C=O) groups excluding carboxylic acids is 1. The zero-order valence-electron chi connectivity index (χ0n) is 6.77. The van der Waals surface area contributed by atoms with Crippen molar-refractivity contribution in [1.82, 2.24) is 9.78 Å². The number of benzene rings is 1. The second-order valence-corrected chi connectivity index (χ2v) is 2.65. The van der Waals surface area contributed by atoms with E-state index in [2.05, 4.69) is 5.10 Å². The normalized spacial score (nSPS) is 10.5. The number of primary amides is 1. The van der Waals surface area contributed by atoms with Gasteiger partial charge in [0, 0.05) is 5.39 Å². The highest BCUT2D eigenvalue weighted by atomic mass is 16.2. The Labute approximate surface area is 73.9 Å². The number of nitrogen functional groups attached to an aromatic ring is 1. The zero-order valence-corrected chi connectivity index (χ0v) is 6.77. The Bertz CT molecular complexity index is 474. The number of rotatable bonds is 0. The first kappa shape index (κ1) is 7.60. The van der Waals surface area contributed by atoms with E-state index < -0.39 is 6.03 Å². The van der Waals surface area contributed by atoms with Crippen LogP contribution in [0.5, 0.6) is 0 Å². The molecule has 0 aliphatic rings. The summed E-state index contributed by atoms with van der Waals surface area (Å²) >= 11 is 0. The Morgan fingerprint density at radius 2 is 2.08 bits per heavy atom. The van der Waals surface area contributed by atoms with Crippen molar-refractivity contribution in [2.45, 2.75) is 0 Å². The van der Waals surface area contributed by atoms with Crippen LogP contribution in [0.1, 0.15) is 0 Å². The fraction of sp³-hybridized carbons (Fsp3) is 0. The molecule has 1 heterocycles. The molecule has 0 fully saturated rings. The van der Waals surface area contributed by atoms with Crippen molar-refractivity contribution in [3.63, 3.8) is 0 Å². The number of fused-ring (bicyclic) bond motifs is 1. The van der Waals surface area contributed by atoms with Crippen LogP contribution in [-0.4, -0.2) is 15.8 Å². The molecule has 5 nitrogen and oxygen atoms in total. The van der Waals surface area contributed by atoms with Gasteiger partial charge in [-0.3, -0.25) is 0 Å². The monoisotopic (exact) mass is 176 g/mol. The molecule has 1 amide bonds. The van der Waals surface area contributed by atoms with Crippen LogP contribution in [0, 0.1) is 0 Å². The molecule has 66 valence electrons. The maximum Gasteiger partial charge on any atom is 0.340 e. The van der Waals surface area contributed by atoms with Crippen LogP contribution in [0.15, 0.2) is 24.3 Å². The van der Waals surface area contributed by atoms with E-state index in [9.17, 15) is 4.79 Å². The van der Waals surface area contributed by atoms with Gasteiger partial charge in [0.2, 0.25) is 0 Å². The Hall–Kier alpha value is -2.04. The van der Waals surface area contributed by atoms with Gasteiger partial charge in [0.05, 0.1) is 5.52 Å². The number of hydrogen-bond acceptors (Lipinski definition) is 3.